The molecule has 0 aromatic rings. The molecule has 4 nitrogen and oxygen atoms in total. The highest BCUT2D eigenvalue weighted by Crippen LogP contribution is 2.30. The Hall–Kier alpha value is -0.610. The lowest BCUT2D eigenvalue weighted by atomic mass is 9.77. The van der Waals surface area contributed by atoms with Crippen LogP contribution in [-0.2, 0) is 4.79 Å². The van der Waals surface area contributed by atoms with Gasteiger partial charge in [0.05, 0.1) is 18.6 Å². The van der Waals surface area contributed by atoms with Crippen molar-refractivity contribution in [3.8, 4) is 0 Å². The maximum atomic E-state index is 12.8. The number of nitrogens with two attached hydrogens (primary N) is 1. The highest BCUT2D eigenvalue weighted by atomic mass is 16.3. The number of hydrogen-bond acceptors (Lipinski definition) is 3. The third kappa shape index (κ3) is 3.29. The zero-order chi connectivity index (χ0) is 13.8. The first-order valence-electron chi connectivity index (χ1n) is 7.82. The van der Waals surface area contributed by atoms with Gasteiger partial charge in [0.15, 0.2) is 0 Å². The number of carbonyl (C=O) groups excluding carboxylic acids is 1. The number of amides is 1. The number of nitrogens with zero attached hydrogens (tertiary/aromatic N) is 1. The van der Waals surface area contributed by atoms with Crippen molar-refractivity contribution >= 4 is 5.91 Å². The zero-order valence-electron chi connectivity index (χ0n) is 12.1. The predicted octanol–water partition coefficient (Wildman–Crippen LogP) is 1.51. The predicted molar refractivity (Wildman–Crippen MR) is 75.5 cm³/mol. The van der Waals surface area contributed by atoms with Gasteiger partial charge in [-0.2, -0.15) is 0 Å². The maximum Gasteiger partial charge on any atom is 0.227 e. The first-order chi connectivity index (χ1) is 9.15. The molecule has 1 heterocycles. The van der Waals surface area contributed by atoms with E-state index in [1.807, 2.05) is 4.90 Å². The SMILES string of the molecule is CC1CCCC(C(=O)N2CCCCCC2CO)C1N. The number of carbonyl (C=O) groups is 1. The van der Waals surface area contributed by atoms with Gasteiger partial charge >= 0.3 is 0 Å². The van der Waals surface area contributed by atoms with Gasteiger partial charge in [-0.3, -0.25) is 4.79 Å². The van der Waals surface area contributed by atoms with Crippen molar-refractivity contribution in [3.05, 3.63) is 0 Å². The summed E-state index contributed by atoms with van der Waals surface area (Å²) in [5, 5.41) is 9.53. The van der Waals surface area contributed by atoms with Crippen molar-refractivity contribution in [1.29, 1.82) is 0 Å². The Balaban J connectivity index is 2.07. The highest BCUT2D eigenvalue weighted by Gasteiger charge is 2.37. The van der Waals surface area contributed by atoms with E-state index >= 15 is 0 Å². The molecule has 3 N–H and O–H groups in total. The van der Waals surface area contributed by atoms with Gasteiger partial charge in [-0.15, -0.1) is 0 Å². The largest absolute Gasteiger partial charge is 0.394 e. The Bertz CT molecular complexity index is 309. The van der Waals surface area contributed by atoms with E-state index in [9.17, 15) is 9.90 Å². The van der Waals surface area contributed by atoms with Gasteiger partial charge in [0.2, 0.25) is 5.91 Å². The number of aliphatic hydroxyl groups is 1. The summed E-state index contributed by atoms with van der Waals surface area (Å²) in [5.74, 6) is 0.596. The number of likely N-dealkylation sites (tertiary alicyclic amines) is 1. The van der Waals surface area contributed by atoms with E-state index in [0.717, 1.165) is 51.5 Å². The van der Waals surface area contributed by atoms with Crippen LogP contribution in [0.5, 0.6) is 0 Å². The Kier molecular flexibility index (Phi) is 5.22. The molecule has 1 saturated heterocycles. The molecule has 0 aromatic carbocycles. The van der Waals surface area contributed by atoms with Crippen LogP contribution < -0.4 is 5.73 Å². The van der Waals surface area contributed by atoms with Crippen molar-refractivity contribution in [2.45, 2.75) is 64.0 Å². The van der Waals surface area contributed by atoms with Gasteiger partial charge in [0.1, 0.15) is 0 Å². The molecule has 1 aliphatic carbocycles. The van der Waals surface area contributed by atoms with E-state index in [1.165, 1.54) is 0 Å². The topological polar surface area (TPSA) is 66.6 Å². The monoisotopic (exact) mass is 268 g/mol. The van der Waals surface area contributed by atoms with Gasteiger partial charge in [-0.05, 0) is 31.6 Å². The summed E-state index contributed by atoms with van der Waals surface area (Å²) in [6, 6.07) is 0.00304. The quantitative estimate of drug-likeness (QED) is 0.798. The number of rotatable bonds is 2. The Morgan fingerprint density at radius 3 is 2.74 bits per heavy atom. The first-order valence-corrected chi connectivity index (χ1v) is 7.82. The van der Waals surface area contributed by atoms with E-state index in [-0.39, 0.29) is 30.5 Å². The molecule has 110 valence electrons. The molecule has 1 aliphatic heterocycles. The smallest absolute Gasteiger partial charge is 0.227 e. The Morgan fingerprint density at radius 2 is 2.00 bits per heavy atom. The molecule has 0 radical (unpaired) electrons. The molecule has 4 unspecified atom stereocenters. The highest BCUT2D eigenvalue weighted by molar-refractivity contribution is 5.80. The summed E-state index contributed by atoms with van der Waals surface area (Å²) < 4.78 is 0. The molecule has 4 heteroatoms. The average molecular weight is 268 g/mol. The summed E-state index contributed by atoms with van der Waals surface area (Å²) in [6.07, 6.45) is 7.41. The lowest BCUT2D eigenvalue weighted by molar-refractivity contribution is -0.141. The number of hydrogen-bond donors (Lipinski definition) is 2. The summed E-state index contributed by atoms with van der Waals surface area (Å²) in [6.45, 7) is 3.03. The minimum Gasteiger partial charge on any atom is -0.394 e. The lowest BCUT2D eigenvalue weighted by Gasteiger charge is -2.38. The lowest BCUT2D eigenvalue weighted by Crippen LogP contribution is -2.52. The molecule has 2 fully saturated rings. The fraction of sp³-hybridized carbons (Fsp3) is 0.933. The Morgan fingerprint density at radius 1 is 1.21 bits per heavy atom. The van der Waals surface area contributed by atoms with E-state index in [1.54, 1.807) is 0 Å². The van der Waals surface area contributed by atoms with Crippen LogP contribution in [0.25, 0.3) is 0 Å². The van der Waals surface area contributed by atoms with Gasteiger partial charge in [0, 0.05) is 12.6 Å². The summed E-state index contributed by atoms with van der Waals surface area (Å²) in [7, 11) is 0. The second-order valence-electron chi connectivity index (χ2n) is 6.31. The molecule has 1 amide bonds. The summed E-state index contributed by atoms with van der Waals surface area (Å²) >= 11 is 0. The third-order valence-electron chi connectivity index (χ3n) is 4.98. The van der Waals surface area contributed by atoms with Crippen molar-refractivity contribution in [2.24, 2.45) is 17.6 Å². The summed E-state index contributed by atoms with van der Waals surface area (Å²) in [5.41, 5.74) is 6.25. The van der Waals surface area contributed by atoms with E-state index < -0.39 is 0 Å². The molecule has 0 spiro atoms. The van der Waals surface area contributed by atoms with E-state index in [0.29, 0.717) is 5.92 Å². The second-order valence-corrected chi connectivity index (χ2v) is 6.31. The molecule has 2 rings (SSSR count). The van der Waals surface area contributed by atoms with Crippen molar-refractivity contribution < 1.29 is 9.90 Å². The number of aliphatic hydroxyl groups excluding tert-OH is 1. The third-order valence-corrected chi connectivity index (χ3v) is 4.98. The average Bonchev–Trinajstić information content (AvgIpc) is 2.66. The normalized spacial score (nSPS) is 36.9. The van der Waals surface area contributed by atoms with Crippen LogP contribution in [0.15, 0.2) is 0 Å². The molecule has 0 bridgehead atoms. The van der Waals surface area contributed by atoms with Crippen molar-refractivity contribution in [3.63, 3.8) is 0 Å². The van der Waals surface area contributed by atoms with Crippen LogP contribution in [0.3, 0.4) is 0 Å². The van der Waals surface area contributed by atoms with Crippen LogP contribution in [0, 0.1) is 11.8 Å². The van der Waals surface area contributed by atoms with Crippen molar-refractivity contribution in [2.75, 3.05) is 13.2 Å². The van der Waals surface area contributed by atoms with Gasteiger partial charge in [0.25, 0.3) is 0 Å². The maximum absolute atomic E-state index is 12.8. The van der Waals surface area contributed by atoms with E-state index in [2.05, 4.69) is 6.92 Å². The first kappa shape index (κ1) is 14.8. The zero-order valence-corrected chi connectivity index (χ0v) is 12.1. The molecule has 4 atom stereocenters. The van der Waals surface area contributed by atoms with Crippen LogP contribution >= 0.6 is 0 Å². The van der Waals surface area contributed by atoms with Gasteiger partial charge in [-0.1, -0.05) is 26.2 Å². The second kappa shape index (κ2) is 6.71. The van der Waals surface area contributed by atoms with Crippen LogP contribution in [0.2, 0.25) is 0 Å². The van der Waals surface area contributed by atoms with Crippen LogP contribution in [0.4, 0.5) is 0 Å². The van der Waals surface area contributed by atoms with E-state index in [4.69, 9.17) is 5.73 Å². The van der Waals surface area contributed by atoms with Crippen LogP contribution in [-0.4, -0.2) is 41.1 Å². The minimum absolute atomic E-state index is 0.0103. The molecular formula is C15H28N2O2. The molecule has 1 saturated carbocycles. The fourth-order valence-corrected chi connectivity index (χ4v) is 3.60. The molecule has 0 aromatic heterocycles. The summed E-state index contributed by atoms with van der Waals surface area (Å²) in [4.78, 5) is 14.7. The van der Waals surface area contributed by atoms with Crippen LogP contribution in [0.1, 0.15) is 51.9 Å². The molecule has 19 heavy (non-hydrogen) atoms. The van der Waals surface area contributed by atoms with Crippen molar-refractivity contribution in [1.82, 2.24) is 4.90 Å². The molecule has 2 aliphatic rings. The Labute approximate surface area is 116 Å². The standard InChI is InChI=1S/C15H28N2O2/c1-11-6-5-8-13(14(11)16)15(19)17-9-4-2-3-7-12(17)10-18/h11-14,18H,2-10,16H2,1H3. The van der Waals surface area contributed by atoms with Gasteiger partial charge < -0.3 is 15.7 Å². The minimum atomic E-state index is -0.0316. The fourth-order valence-electron chi connectivity index (χ4n) is 3.60. The molecular weight excluding hydrogens is 240 g/mol. The van der Waals surface area contributed by atoms with Gasteiger partial charge in [-0.25, -0.2) is 0 Å².